The third-order valence-corrected chi connectivity index (χ3v) is 4.80. The van der Waals surface area contributed by atoms with Gasteiger partial charge in [-0.2, -0.15) is 0 Å². The van der Waals surface area contributed by atoms with Crippen molar-refractivity contribution in [3.05, 3.63) is 46.4 Å². The maximum absolute atomic E-state index is 12.6. The van der Waals surface area contributed by atoms with E-state index in [2.05, 4.69) is 10.2 Å². The van der Waals surface area contributed by atoms with E-state index in [1.807, 2.05) is 37.3 Å². The Labute approximate surface area is 151 Å². The van der Waals surface area contributed by atoms with Crippen LogP contribution in [0.1, 0.15) is 18.9 Å². The molecule has 0 fully saturated rings. The lowest BCUT2D eigenvalue weighted by atomic mass is 10.2. The molecule has 0 aliphatic heterocycles. The Morgan fingerprint density at radius 2 is 2.12 bits per heavy atom. The number of hydrogen-bond donors (Lipinski definition) is 1. The standard InChI is InChI=1S/C17H24N4O3S/c1-13(15(22)20(2)12-14-8-5-4-6-9-14)25-17-19-18-16(23)21(17)10-7-11-24-3/h4-6,8-9,13H,7,10-12H2,1-3H3,(H,18,23). The summed E-state index contributed by atoms with van der Waals surface area (Å²) < 4.78 is 6.56. The van der Waals surface area contributed by atoms with E-state index in [0.717, 1.165) is 5.56 Å². The zero-order valence-corrected chi connectivity index (χ0v) is 15.6. The van der Waals surface area contributed by atoms with Gasteiger partial charge < -0.3 is 9.64 Å². The zero-order chi connectivity index (χ0) is 18.2. The molecule has 1 aromatic carbocycles. The van der Waals surface area contributed by atoms with Crippen molar-refractivity contribution in [1.29, 1.82) is 0 Å². The molecule has 2 rings (SSSR count). The molecule has 1 unspecified atom stereocenters. The van der Waals surface area contributed by atoms with E-state index in [-0.39, 0.29) is 16.8 Å². The van der Waals surface area contributed by atoms with E-state index in [4.69, 9.17) is 4.74 Å². The second-order valence-corrected chi connectivity index (χ2v) is 7.06. The average molecular weight is 364 g/mol. The molecule has 136 valence electrons. The molecule has 1 atom stereocenters. The normalized spacial score (nSPS) is 12.1. The maximum atomic E-state index is 12.6. The lowest BCUT2D eigenvalue weighted by Gasteiger charge is -2.21. The Hall–Kier alpha value is -2.06. The number of nitrogens with zero attached hydrogens (tertiary/aromatic N) is 3. The molecule has 0 aliphatic carbocycles. The lowest BCUT2D eigenvalue weighted by molar-refractivity contribution is -0.129. The number of hydrogen-bond acceptors (Lipinski definition) is 5. The summed E-state index contributed by atoms with van der Waals surface area (Å²) in [6.45, 7) is 3.45. The average Bonchev–Trinajstić information content (AvgIpc) is 2.95. The molecule has 0 saturated heterocycles. The first-order valence-electron chi connectivity index (χ1n) is 8.12. The molecular weight excluding hydrogens is 340 g/mol. The lowest BCUT2D eigenvalue weighted by Crippen LogP contribution is -2.33. The first kappa shape index (κ1) is 19.3. The molecule has 1 heterocycles. The van der Waals surface area contributed by atoms with Crippen LogP contribution in [0, 0.1) is 0 Å². The number of nitrogens with one attached hydrogen (secondary N) is 1. The van der Waals surface area contributed by atoms with Crippen molar-refractivity contribution in [3.8, 4) is 0 Å². The van der Waals surface area contributed by atoms with Gasteiger partial charge in [-0.3, -0.25) is 9.36 Å². The second kappa shape index (κ2) is 9.43. The Bertz CT molecular complexity index is 729. The van der Waals surface area contributed by atoms with Crippen LogP contribution >= 0.6 is 11.8 Å². The van der Waals surface area contributed by atoms with Crippen molar-refractivity contribution >= 4 is 17.7 Å². The van der Waals surface area contributed by atoms with Crippen molar-refractivity contribution in [2.24, 2.45) is 0 Å². The number of carbonyl (C=O) groups excluding carboxylic acids is 1. The molecule has 25 heavy (non-hydrogen) atoms. The van der Waals surface area contributed by atoms with Gasteiger partial charge in [0.15, 0.2) is 5.16 Å². The number of benzene rings is 1. The highest BCUT2D eigenvalue weighted by Gasteiger charge is 2.22. The number of ether oxygens (including phenoxy) is 1. The molecule has 8 heteroatoms. The van der Waals surface area contributed by atoms with Gasteiger partial charge in [0.05, 0.1) is 5.25 Å². The van der Waals surface area contributed by atoms with Crippen LogP contribution < -0.4 is 5.69 Å². The first-order chi connectivity index (χ1) is 12.0. The Balaban J connectivity index is 1.97. The fraction of sp³-hybridized carbons (Fsp3) is 0.471. The van der Waals surface area contributed by atoms with E-state index in [0.29, 0.717) is 31.3 Å². The Morgan fingerprint density at radius 3 is 2.80 bits per heavy atom. The van der Waals surface area contributed by atoms with Crippen LogP contribution in [0.2, 0.25) is 0 Å². The Kier molecular flexibility index (Phi) is 7.27. The van der Waals surface area contributed by atoms with Gasteiger partial charge in [-0.15, -0.1) is 5.10 Å². The molecule has 1 N–H and O–H groups in total. The summed E-state index contributed by atoms with van der Waals surface area (Å²) in [6, 6.07) is 9.83. The van der Waals surface area contributed by atoms with E-state index >= 15 is 0 Å². The quantitative estimate of drug-likeness (QED) is 0.542. The molecular formula is C17H24N4O3S. The van der Waals surface area contributed by atoms with Gasteiger partial charge in [0, 0.05) is 33.9 Å². The third kappa shape index (κ3) is 5.47. The van der Waals surface area contributed by atoms with Crippen LogP contribution in [-0.2, 0) is 22.6 Å². The van der Waals surface area contributed by atoms with Crippen LogP contribution in [-0.4, -0.2) is 51.6 Å². The number of H-pyrrole nitrogens is 1. The van der Waals surface area contributed by atoms with Crippen LogP contribution in [0.25, 0.3) is 0 Å². The van der Waals surface area contributed by atoms with E-state index < -0.39 is 0 Å². The number of aromatic nitrogens is 3. The minimum absolute atomic E-state index is 0.00672. The summed E-state index contributed by atoms with van der Waals surface area (Å²) in [5.74, 6) is -0.00672. The van der Waals surface area contributed by atoms with Gasteiger partial charge in [0.1, 0.15) is 0 Å². The fourth-order valence-corrected chi connectivity index (χ4v) is 3.41. The number of methoxy groups -OCH3 is 1. The van der Waals surface area contributed by atoms with Gasteiger partial charge in [0.2, 0.25) is 5.91 Å². The largest absolute Gasteiger partial charge is 0.385 e. The molecule has 0 spiro atoms. The van der Waals surface area contributed by atoms with Crippen molar-refractivity contribution < 1.29 is 9.53 Å². The molecule has 1 amide bonds. The maximum Gasteiger partial charge on any atom is 0.343 e. The number of amides is 1. The summed E-state index contributed by atoms with van der Waals surface area (Å²) in [4.78, 5) is 26.1. The third-order valence-electron chi connectivity index (χ3n) is 3.72. The molecule has 0 bridgehead atoms. The summed E-state index contributed by atoms with van der Waals surface area (Å²) >= 11 is 1.28. The van der Waals surface area contributed by atoms with Gasteiger partial charge in [-0.1, -0.05) is 42.1 Å². The second-order valence-electron chi connectivity index (χ2n) is 5.75. The molecule has 0 saturated carbocycles. The van der Waals surface area contributed by atoms with Crippen LogP contribution in [0.15, 0.2) is 40.3 Å². The molecule has 2 aromatic rings. The summed E-state index contributed by atoms with van der Waals surface area (Å²) in [6.07, 6.45) is 0.708. The van der Waals surface area contributed by atoms with Crippen LogP contribution in [0.4, 0.5) is 0 Å². The molecule has 1 aromatic heterocycles. The predicted molar refractivity (Wildman–Crippen MR) is 97.6 cm³/mol. The highest BCUT2D eigenvalue weighted by atomic mass is 32.2. The smallest absolute Gasteiger partial charge is 0.343 e. The van der Waals surface area contributed by atoms with E-state index in [1.54, 1.807) is 23.6 Å². The highest BCUT2D eigenvalue weighted by molar-refractivity contribution is 8.00. The molecule has 0 radical (unpaired) electrons. The molecule has 7 nitrogen and oxygen atoms in total. The van der Waals surface area contributed by atoms with Gasteiger partial charge in [-0.05, 0) is 18.9 Å². The monoisotopic (exact) mass is 364 g/mol. The highest BCUT2D eigenvalue weighted by Crippen LogP contribution is 2.22. The number of aromatic amines is 1. The van der Waals surface area contributed by atoms with Crippen molar-refractivity contribution in [2.75, 3.05) is 20.8 Å². The van der Waals surface area contributed by atoms with Gasteiger partial charge in [-0.25, -0.2) is 9.89 Å². The van der Waals surface area contributed by atoms with E-state index in [1.165, 1.54) is 11.8 Å². The zero-order valence-electron chi connectivity index (χ0n) is 14.8. The summed E-state index contributed by atoms with van der Waals surface area (Å²) in [5, 5.41) is 6.67. The van der Waals surface area contributed by atoms with Gasteiger partial charge in [0.25, 0.3) is 0 Å². The van der Waals surface area contributed by atoms with Crippen molar-refractivity contribution in [1.82, 2.24) is 19.7 Å². The minimum Gasteiger partial charge on any atom is -0.385 e. The topological polar surface area (TPSA) is 80.2 Å². The SMILES string of the molecule is COCCCn1c(SC(C)C(=O)N(C)Cc2ccccc2)n[nH]c1=O. The van der Waals surface area contributed by atoms with E-state index in [9.17, 15) is 9.59 Å². The minimum atomic E-state index is -0.343. The number of rotatable bonds is 9. The summed E-state index contributed by atoms with van der Waals surface area (Å²) in [5.41, 5.74) is 0.808. The Morgan fingerprint density at radius 1 is 1.40 bits per heavy atom. The first-order valence-corrected chi connectivity index (χ1v) is 9.00. The fourth-order valence-electron chi connectivity index (χ4n) is 2.41. The number of carbonyl (C=O) groups is 1. The van der Waals surface area contributed by atoms with Crippen molar-refractivity contribution in [3.63, 3.8) is 0 Å². The summed E-state index contributed by atoms with van der Waals surface area (Å²) in [7, 11) is 3.40. The van der Waals surface area contributed by atoms with Crippen LogP contribution in [0.5, 0.6) is 0 Å². The van der Waals surface area contributed by atoms with Gasteiger partial charge >= 0.3 is 5.69 Å². The molecule has 0 aliphatic rings. The number of thioether (sulfide) groups is 1. The predicted octanol–water partition coefficient (Wildman–Crippen LogP) is 1.75. The van der Waals surface area contributed by atoms with Crippen molar-refractivity contribution in [2.45, 2.75) is 36.8 Å². The van der Waals surface area contributed by atoms with Crippen LogP contribution in [0.3, 0.4) is 0 Å².